The molecule has 0 aliphatic carbocycles. The van der Waals surface area contributed by atoms with Gasteiger partial charge in [0.15, 0.2) is 0 Å². The van der Waals surface area contributed by atoms with Gasteiger partial charge in [0.1, 0.15) is 11.5 Å². The molecule has 0 amide bonds. The maximum atomic E-state index is 12.6. The van der Waals surface area contributed by atoms with E-state index in [4.69, 9.17) is 14.2 Å². The molecule has 1 heterocycles. The van der Waals surface area contributed by atoms with Crippen molar-refractivity contribution in [2.75, 3.05) is 13.2 Å². The summed E-state index contributed by atoms with van der Waals surface area (Å²) in [6.45, 7) is 6.67. The molecule has 0 unspecified atom stereocenters. The summed E-state index contributed by atoms with van der Waals surface area (Å²) in [6.07, 6.45) is 14.1. The molecule has 6 nitrogen and oxygen atoms in total. The van der Waals surface area contributed by atoms with Crippen LogP contribution in [-0.4, -0.2) is 30.1 Å². The van der Waals surface area contributed by atoms with Crippen LogP contribution in [0.5, 0.6) is 11.5 Å². The minimum atomic E-state index is -0.404. The van der Waals surface area contributed by atoms with E-state index in [1.807, 2.05) is 24.4 Å². The van der Waals surface area contributed by atoms with Crippen molar-refractivity contribution in [3.05, 3.63) is 90.6 Å². The molecule has 212 valence electrons. The summed E-state index contributed by atoms with van der Waals surface area (Å²) in [6, 6.07) is 18.6. The highest BCUT2D eigenvalue weighted by Gasteiger charge is 2.10. The predicted molar refractivity (Wildman–Crippen MR) is 159 cm³/mol. The number of nitrogens with zero attached hydrogens (tertiary/aromatic N) is 1. The Morgan fingerprint density at radius 1 is 0.775 bits per heavy atom. The molecule has 0 spiro atoms. The number of unbranched alkanes of at least 4 members (excludes halogenated alkanes) is 7. The molecule has 6 heteroatoms. The number of carbonyl (C=O) groups excluding carboxylic acids is 2. The average Bonchev–Trinajstić information content (AvgIpc) is 2.99. The molecule has 1 aromatic heterocycles. The first-order chi connectivity index (χ1) is 19.6. The minimum absolute atomic E-state index is 0.347. The molecule has 0 bridgehead atoms. The standard InChI is InChI=1S/C34H41NO5/c1-3-13-27-14-23-32(35-26-27)28-15-21-31(22-16-28)40-34(37)29-17-19-30(20-18-29)38-24-11-9-7-5-6-8-10-12-25-39-33(36)4-2/h4,14-23,26H,2-3,5-13,24-25H2,1H3. The third-order valence-electron chi connectivity index (χ3n) is 6.53. The zero-order valence-corrected chi connectivity index (χ0v) is 23.6. The van der Waals surface area contributed by atoms with Gasteiger partial charge in [0.2, 0.25) is 0 Å². The van der Waals surface area contributed by atoms with Gasteiger partial charge in [0.05, 0.1) is 24.5 Å². The lowest BCUT2D eigenvalue weighted by Gasteiger charge is -2.08. The third kappa shape index (κ3) is 11.0. The van der Waals surface area contributed by atoms with E-state index < -0.39 is 5.97 Å². The predicted octanol–water partition coefficient (Wildman–Crippen LogP) is 8.15. The van der Waals surface area contributed by atoms with Crippen LogP contribution in [0.3, 0.4) is 0 Å². The van der Waals surface area contributed by atoms with Crippen molar-refractivity contribution in [1.29, 1.82) is 0 Å². The first kappa shape index (κ1) is 30.6. The first-order valence-electron chi connectivity index (χ1n) is 14.4. The van der Waals surface area contributed by atoms with Crippen LogP contribution in [0.2, 0.25) is 0 Å². The Morgan fingerprint density at radius 3 is 2.00 bits per heavy atom. The van der Waals surface area contributed by atoms with E-state index in [2.05, 4.69) is 24.6 Å². The highest BCUT2D eigenvalue weighted by molar-refractivity contribution is 5.91. The van der Waals surface area contributed by atoms with Crippen LogP contribution in [0.25, 0.3) is 11.3 Å². The molecule has 40 heavy (non-hydrogen) atoms. The molecule has 0 saturated carbocycles. The number of rotatable bonds is 18. The largest absolute Gasteiger partial charge is 0.494 e. The van der Waals surface area contributed by atoms with Crippen LogP contribution >= 0.6 is 0 Å². The van der Waals surface area contributed by atoms with Gasteiger partial charge < -0.3 is 14.2 Å². The Balaban J connectivity index is 1.28. The Bertz CT molecular complexity index is 1170. The van der Waals surface area contributed by atoms with Crippen molar-refractivity contribution in [2.24, 2.45) is 0 Å². The molecule has 0 atom stereocenters. The minimum Gasteiger partial charge on any atom is -0.494 e. The number of hydrogen-bond donors (Lipinski definition) is 0. The van der Waals surface area contributed by atoms with Gasteiger partial charge in [-0.2, -0.15) is 0 Å². The van der Waals surface area contributed by atoms with Crippen molar-refractivity contribution >= 4 is 11.9 Å². The summed E-state index contributed by atoms with van der Waals surface area (Å²) in [7, 11) is 0. The normalized spacial score (nSPS) is 10.6. The maximum absolute atomic E-state index is 12.6. The SMILES string of the molecule is C=CC(=O)OCCCCCCCCCCOc1ccc(C(=O)Oc2ccc(-c3ccc(CCC)cn3)cc2)cc1. The van der Waals surface area contributed by atoms with Crippen molar-refractivity contribution in [3.63, 3.8) is 0 Å². The Kier molecular flexibility index (Phi) is 13.5. The fraction of sp³-hybridized carbons (Fsp3) is 0.382. The van der Waals surface area contributed by atoms with E-state index >= 15 is 0 Å². The van der Waals surface area contributed by atoms with Crippen molar-refractivity contribution in [3.8, 4) is 22.8 Å². The maximum Gasteiger partial charge on any atom is 0.343 e. The molecule has 0 aliphatic heterocycles. The number of aryl methyl sites for hydroxylation is 1. The molecule has 0 fully saturated rings. The van der Waals surface area contributed by atoms with E-state index in [-0.39, 0.29) is 5.97 Å². The fourth-order valence-corrected chi connectivity index (χ4v) is 4.27. The van der Waals surface area contributed by atoms with Crippen molar-refractivity contribution in [2.45, 2.75) is 71.1 Å². The number of pyridine rings is 1. The Hall–Kier alpha value is -3.93. The van der Waals surface area contributed by atoms with Crippen LogP contribution in [0, 0.1) is 0 Å². The molecule has 3 aromatic rings. The van der Waals surface area contributed by atoms with Gasteiger partial charge in [-0.3, -0.25) is 4.98 Å². The first-order valence-corrected chi connectivity index (χ1v) is 14.4. The smallest absolute Gasteiger partial charge is 0.343 e. The van der Waals surface area contributed by atoms with Crippen LogP contribution in [0.4, 0.5) is 0 Å². The zero-order valence-electron chi connectivity index (χ0n) is 23.6. The molecule has 0 N–H and O–H groups in total. The number of aromatic nitrogens is 1. The van der Waals surface area contributed by atoms with Gasteiger partial charge in [-0.15, -0.1) is 0 Å². The molecular formula is C34H41NO5. The van der Waals surface area contributed by atoms with Gasteiger partial charge >= 0.3 is 11.9 Å². The Morgan fingerprint density at radius 2 is 1.40 bits per heavy atom. The summed E-state index contributed by atoms with van der Waals surface area (Å²) in [5, 5.41) is 0. The molecule has 2 aromatic carbocycles. The van der Waals surface area contributed by atoms with Gasteiger partial charge in [-0.1, -0.05) is 64.5 Å². The lowest BCUT2D eigenvalue weighted by Crippen LogP contribution is -2.08. The lowest BCUT2D eigenvalue weighted by atomic mass is 10.1. The highest BCUT2D eigenvalue weighted by Crippen LogP contribution is 2.22. The highest BCUT2D eigenvalue weighted by atomic mass is 16.5. The monoisotopic (exact) mass is 543 g/mol. The number of hydrogen-bond acceptors (Lipinski definition) is 6. The van der Waals surface area contributed by atoms with Gasteiger partial charge in [-0.05, 0) is 79.4 Å². The summed E-state index contributed by atoms with van der Waals surface area (Å²) in [4.78, 5) is 28.1. The summed E-state index contributed by atoms with van der Waals surface area (Å²) >= 11 is 0. The third-order valence-corrected chi connectivity index (χ3v) is 6.53. The molecule has 3 rings (SSSR count). The molecule has 0 saturated heterocycles. The van der Waals surface area contributed by atoms with Crippen LogP contribution in [0.15, 0.2) is 79.5 Å². The summed E-state index contributed by atoms with van der Waals surface area (Å²) < 4.78 is 16.3. The zero-order chi connectivity index (χ0) is 28.4. The molecule has 0 aliphatic rings. The summed E-state index contributed by atoms with van der Waals surface area (Å²) in [5.74, 6) is 0.487. The van der Waals surface area contributed by atoms with E-state index in [1.165, 1.54) is 30.9 Å². The average molecular weight is 544 g/mol. The fourth-order valence-electron chi connectivity index (χ4n) is 4.27. The summed E-state index contributed by atoms with van der Waals surface area (Å²) in [5.41, 5.74) is 3.58. The van der Waals surface area contributed by atoms with Crippen LogP contribution in [-0.2, 0) is 16.0 Å². The van der Waals surface area contributed by atoms with E-state index in [9.17, 15) is 9.59 Å². The number of carbonyl (C=O) groups is 2. The Labute approximate surface area is 238 Å². The molecular weight excluding hydrogens is 502 g/mol. The molecule has 0 radical (unpaired) electrons. The second-order valence-electron chi connectivity index (χ2n) is 9.79. The topological polar surface area (TPSA) is 74.7 Å². The van der Waals surface area contributed by atoms with E-state index in [0.29, 0.717) is 24.5 Å². The number of esters is 2. The van der Waals surface area contributed by atoms with Gasteiger partial charge in [0, 0.05) is 17.8 Å². The second-order valence-corrected chi connectivity index (χ2v) is 9.79. The van der Waals surface area contributed by atoms with E-state index in [0.717, 1.165) is 62.0 Å². The van der Waals surface area contributed by atoms with Crippen molar-refractivity contribution < 1.29 is 23.8 Å². The van der Waals surface area contributed by atoms with Gasteiger partial charge in [0.25, 0.3) is 0 Å². The number of ether oxygens (including phenoxy) is 3. The lowest BCUT2D eigenvalue weighted by molar-refractivity contribution is -0.137. The quantitative estimate of drug-likeness (QED) is 0.0697. The van der Waals surface area contributed by atoms with Crippen molar-refractivity contribution in [1.82, 2.24) is 4.98 Å². The van der Waals surface area contributed by atoms with Crippen LogP contribution in [0.1, 0.15) is 80.6 Å². The second kappa shape index (κ2) is 17.6. The van der Waals surface area contributed by atoms with Gasteiger partial charge in [-0.25, -0.2) is 9.59 Å². The van der Waals surface area contributed by atoms with E-state index in [1.54, 1.807) is 36.4 Å². The number of benzene rings is 2. The van der Waals surface area contributed by atoms with Crippen LogP contribution < -0.4 is 9.47 Å².